The van der Waals surface area contributed by atoms with Gasteiger partial charge in [0.25, 0.3) is 0 Å². The molecule has 108 valence electrons. The van der Waals surface area contributed by atoms with E-state index in [4.69, 9.17) is 4.74 Å². The zero-order chi connectivity index (χ0) is 13.9. The van der Waals surface area contributed by atoms with Gasteiger partial charge >= 0.3 is 0 Å². The van der Waals surface area contributed by atoms with Crippen LogP contribution >= 0.6 is 0 Å². The molecule has 1 aliphatic heterocycles. The van der Waals surface area contributed by atoms with E-state index in [1.54, 1.807) is 0 Å². The standard InChI is InChI=1S/C17H23NO2/c1-13-5-4-6-14(11-13)16(19)12-18-9-10-20-17-8-3-2-7-15(17)18/h4-6,11,15,17H,2-3,7-10,12H2,1H3. The van der Waals surface area contributed by atoms with Crippen LogP contribution in [0.2, 0.25) is 0 Å². The first-order valence-corrected chi connectivity index (χ1v) is 7.69. The summed E-state index contributed by atoms with van der Waals surface area (Å²) in [6, 6.07) is 8.36. The first-order valence-electron chi connectivity index (χ1n) is 7.69. The second-order valence-electron chi connectivity index (χ2n) is 6.02. The molecule has 0 radical (unpaired) electrons. The minimum absolute atomic E-state index is 0.236. The van der Waals surface area contributed by atoms with Crippen molar-refractivity contribution < 1.29 is 9.53 Å². The highest BCUT2D eigenvalue weighted by Crippen LogP contribution is 2.28. The number of morpholine rings is 1. The summed E-state index contributed by atoms with van der Waals surface area (Å²) in [6.45, 7) is 4.22. The molecular formula is C17H23NO2. The molecule has 3 heteroatoms. The molecule has 20 heavy (non-hydrogen) atoms. The van der Waals surface area contributed by atoms with Gasteiger partial charge in [0, 0.05) is 18.2 Å². The molecule has 0 aromatic heterocycles. The number of hydrogen-bond donors (Lipinski definition) is 0. The molecule has 2 atom stereocenters. The molecule has 1 heterocycles. The lowest BCUT2D eigenvalue weighted by molar-refractivity contribution is -0.0846. The van der Waals surface area contributed by atoms with E-state index in [-0.39, 0.29) is 5.78 Å². The summed E-state index contributed by atoms with van der Waals surface area (Å²) in [5.41, 5.74) is 1.98. The molecule has 2 unspecified atom stereocenters. The number of fused-ring (bicyclic) bond motifs is 1. The molecular weight excluding hydrogens is 250 g/mol. The van der Waals surface area contributed by atoms with Crippen molar-refractivity contribution in [3.8, 4) is 0 Å². The maximum atomic E-state index is 12.5. The molecule has 1 aromatic carbocycles. The Morgan fingerprint density at radius 1 is 1.35 bits per heavy atom. The molecule has 3 rings (SSSR count). The first kappa shape index (κ1) is 13.8. The summed E-state index contributed by atoms with van der Waals surface area (Å²) in [5.74, 6) is 0.236. The van der Waals surface area contributed by atoms with Gasteiger partial charge in [-0.05, 0) is 25.8 Å². The highest BCUT2D eigenvalue weighted by molar-refractivity contribution is 5.97. The molecule has 2 fully saturated rings. The van der Waals surface area contributed by atoms with Gasteiger partial charge in [-0.15, -0.1) is 0 Å². The fourth-order valence-electron chi connectivity index (χ4n) is 3.47. The Hall–Kier alpha value is -1.19. The van der Waals surface area contributed by atoms with Gasteiger partial charge in [-0.1, -0.05) is 36.6 Å². The Kier molecular flexibility index (Phi) is 4.18. The Morgan fingerprint density at radius 3 is 3.05 bits per heavy atom. The fraction of sp³-hybridized carbons (Fsp3) is 0.588. The van der Waals surface area contributed by atoms with Crippen LogP contribution in [0.15, 0.2) is 24.3 Å². The third kappa shape index (κ3) is 2.94. The van der Waals surface area contributed by atoms with Crippen molar-refractivity contribution >= 4 is 5.78 Å². The average Bonchev–Trinajstić information content (AvgIpc) is 2.47. The predicted octanol–water partition coefficient (Wildman–Crippen LogP) is 2.82. The van der Waals surface area contributed by atoms with Gasteiger partial charge in [0.05, 0.1) is 19.3 Å². The number of ether oxygens (including phenoxy) is 1. The largest absolute Gasteiger partial charge is 0.375 e. The molecule has 0 spiro atoms. The van der Waals surface area contributed by atoms with E-state index >= 15 is 0 Å². The molecule has 1 aromatic rings. The SMILES string of the molecule is Cc1cccc(C(=O)CN2CCOC3CCCCC32)c1. The molecule has 0 bridgehead atoms. The van der Waals surface area contributed by atoms with Gasteiger partial charge in [0.2, 0.25) is 0 Å². The maximum absolute atomic E-state index is 12.5. The number of Topliss-reactive ketones (excluding diaryl/α,β-unsaturated/α-hetero) is 1. The van der Waals surface area contributed by atoms with Gasteiger partial charge in [-0.25, -0.2) is 0 Å². The summed E-state index contributed by atoms with van der Waals surface area (Å²) in [4.78, 5) is 14.8. The minimum atomic E-state index is 0.236. The van der Waals surface area contributed by atoms with Crippen LogP contribution in [-0.4, -0.2) is 42.5 Å². The van der Waals surface area contributed by atoms with E-state index in [2.05, 4.69) is 4.90 Å². The maximum Gasteiger partial charge on any atom is 0.176 e. The van der Waals surface area contributed by atoms with Crippen molar-refractivity contribution in [2.24, 2.45) is 0 Å². The zero-order valence-corrected chi connectivity index (χ0v) is 12.2. The Balaban J connectivity index is 1.68. The lowest BCUT2D eigenvalue weighted by Crippen LogP contribution is -2.53. The van der Waals surface area contributed by atoms with Crippen molar-refractivity contribution in [3.63, 3.8) is 0 Å². The number of carbonyl (C=O) groups is 1. The third-order valence-electron chi connectivity index (χ3n) is 4.53. The van der Waals surface area contributed by atoms with Gasteiger partial charge in [-0.2, -0.15) is 0 Å². The molecule has 3 nitrogen and oxygen atoms in total. The van der Waals surface area contributed by atoms with Crippen LogP contribution < -0.4 is 0 Å². The van der Waals surface area contributed by atoms with Crippen molar-refractivity contribution in [3.05, 3.63) is 35.4 Å². The average molecular weight is 273 g/mol. The van der Waals surface area contributed by atoms with Crippen molar-refractivity contribution in [2.45, 2.75) is 44.8 Å². The van der Waals surface area contributed by atoms with Gasteiger partial charge in [0.15, 0.2) is 5.78 Å². The number of aryl methyl sites for hydroxylation is 1. The predicted molar refractivity (Wildman–Crippen MR) is 79.1 cm³/mol. The lowest BCUT2D eigenvalue weighted by Gasteiger charge is -2.43. The quantitative estimate of drug-likeness (QED) is 0.793. The van der Waals surface area contributed by atoms with E-state index in [1.807, 2.05) is 31.2 Å². The smallest absolute Gasteiger partial charge is 0.176 e. The van der Waals surface area contributed by atoms with Crippen LogP contribution in [0.1, 0.15) is 41.6 Å². The summed E-state index contributed by atoms with van der Waals surface area (Å²) < 4.78 is 5.87. The van der Waals surface area contributed by atoms with Crippen molar-refractivity contribution in [1.29, 1.82) is 0 Å². The number of hydrogen-bond acceptors (Lipinski definition) is 3. The highest BCUT2D eigenvalue weighted by atomic mass is 16.5. The van der Waals surface area contributed by atoms with E-state index in [0.717, 1.165) is 30.7 Å². The molecule has 0 amide bonds. The zero-order valence-electron chi connectivity index (χ0n) is 12.2. The van der Waals surface area contributed by atoms with E-state index in [9.17, 15) is 4.79 Å². The Bertz CT molecular complexity index is 484. The summed E-state index contributed by atoms with van der Waals surface area (Å²) in [7, 11) is 0. The Morgan fingerprint density at radius 2 is 2.20 bits per heavy atom. The van der Waals surface area contributed by atoms with Crippen LogP contribution in [-0.2, 0) is 4.74 Å². The number of carbonyl (C=O) groups excluding carboxylic acids is 1. The van der Waals surface area contributed by atoms with Gasteiger partial charge < -0.3 is 4.74 Å². The van der Waals surface area contributed by atoms with E-state index in [1.165, 1.54) is 19.3 Å². The van der Waals surface area contributed by atoms with Crippen LogP contribution in [0.3, 0.4) is 0 Å². The van der Waals surface area contributed by atoms with Gasteiger partial charge in [-0.3, -0.25) is 9.69 Å². The molecule has 0 N–H and O–H groups in total. The Labute approximate surface area is 120 Å². The topological polar surface area (TPSA) is 29.5 Å². The molecule has 1 saturated carbocycles. The second-order valence-corrected chi connectivity index (χ2v) is 6.02. The second kappa shape index (κ2) is 6.06. The fourth-order valence-corrected chi connectivity index (χ4v) is 3.47. The number of benzene rings is 1. The van der Waals surface area contributed by atoms with Gasteiger partial charge in [0.1, 0.15) is 0 Å². The van der Waals surface area contributed by atoms with E-state index in [0.29, 0.717) is 18.7 Å². The van der Waals surface area contributed by atoms with E-state index < -0.39 is 0 Å². The molecule has 1 aliphatic carbocycles. The molecule has 2 aliphatic rings. The third-order valence-corrected chi connectivity index (χ3v) is 4.53. The van der Waals surface area contributed by atoms with Crippen molar-refractivity contribution in [1.82, 2.24) is 4.90 Å². The molecule has 1 saturated heterocycles. The summed E-state index contributed by atoms with van der Waals surface area (Å²) in [6.07, 6.45) is 5.20. The number of ketones is 1. The van der Waals surface area contributed by atoms with Crippen LogP contribution in [0.5, 0.6) is 0 Å². The normalized spacial score (nSPS) is 27.1. The number of rotatable bonds is 3. The van der Waals surface area contributed by atoms with Crippen LogP contribution in [0, 0.1) is 6.92 Å². The number of nitrogens with zero attached hydrogens (tertiary/aromatic N) is 1. The monoisotopic (exact) mass is 273 g/mol. The van der Waals surface area contributed by atoms with Crippen molar-refractivity contribution in [2.75, 3.05) is 19.7 Å². The summed E-state index contributed by atoms with van der Waals surface area (Å²) >= 11 is 0. The highest BCUT2D eigenvalue weighted by Gasteiger charge is 2.34. The summed E-state index contributed by atoms with van der Waals surface area (Å²) in [5, 5.41) is 0. The minimum Gasteiger partial charge on any atom is -0.375 e. The van der Waals surface area contributed by atoms with Crippen LogP contribution in [0.4, 0.5) is 0 Å². The van der Waals surface area contributed by atoms with Crippen LogP contribution in [0.25, 0.3) is 0 Å². The lowest BCUT2D eigenvalue weighted by atomic mass is 9.90. The first-order chi connectivity index (χ1) is 9.74.